The number of hydrogen-bond donors (Lipinski definition) is 2. The largest absolute Gasteiger partial charge is 0.497 e. The van der Waals surface area contributed by atoms with E-state index in [0.717, 1.165) is 22.7 Å². The van der Waals surface area contributed by atoms with Crippen LogP contribution in [0.4, 0.5) is 22.7 Å². The molecule has 5 rings (SSSR count). The topological polar surface area (TPSA) is 124 Å². The molecule has 0 saturated carbocycles. The van der Waals surface area contributed by atoms with Gasteiger partial charge in [0.25, 0.3) is 11.2 Å². The van der Waals surface area contributed by atoms with Gasteiger partial charge < -0.3 is 14.8 Å². The molecule has 0 radical (unpaired) electrons. The van der Waals surface area contributed by atoms with Crippen molar-refractivity contribution in [2.75, 3.05) is 19.5 Å². The van der Waals surface area contributed by atoms with Crippen LogP contribution in [0.3, 0.4) is 0 Å². The van der Waals surface area contributed by atoms with Crippen LogP contribution in [0.1, 0.15) is 12.5 Å². The zero-order valence-electron chi connectivity index (χ0n) is 22.6. The van der Waals surface area contributed by atoms with E-state index in [9.17, 15) is 14.9 Å². The molecule has 206 valence electrons. The van der Waals surface area contributed by atoms with Crippen LogP contribution in [0.25, 0.3) is 16.9 Å². The molecule has 0 aliphatic carbocycles. The van der Waals surface area contributed by atoms with Crippen molar-refractivity contribution in [3.05, 3.63) is 123 Å². The maximum absolute atomic E-state index is 13.7. The first-order valence-corrected chi connectivity index (χ1v) is 12.7. The van der Waals surface area contributed by atoms with Gasteiger partial charge in [-0.3, -0.25) is 25.0 Å². The minimum Gasteiger partial charge on any atom is -0.497 e. The van der Waals surface area contributed by atoms with Crippen LogP contribution in [0.2, 0.25) is 0 Å². The fourth-order valence-corrected chi connectivity index (χ4v) is 4.35. The van der Waals surface area contributed by atoms with Crippen LogP contribution in [-0.2, 0) is 0 Å². The minimum absolute atomic E-state index is 0.0633. The molecule has 0 amide bonds. The number of anilines is 2. The Morgan fingerprint density at radius 3 is 1.90 bits per heavy atom. The van der Waals surface area contributed by atoms with Crippen molar-refractivity contribution in [3.63, 3.8) is 0 Å². The predicted molar refractivity (Wildman–Crippen MR) is 160 cm³/mol. The van der Waals surface area contributed by atoms with Crippen molar-refractivity contribution in [1.82, 2.24) is 9.78 Å². The average Bonchev–Trinajstić information content (AvgIpc) is 3.35. The number of non-ortho nitro benzene ring substituents is 1. The second kappa shape index (κ2) is 11.6. The zero-order valence-corrected chi connectivity index (χ0v) is 22.6. The third-order valence-corrected chi connectivity index (χ3v) is 6.49. The van der Waals surface area contributed by atoms with E-state index in [-0.39, 0.29) is 11.2 Å². The number of rotatable bonds is 9. The molecule has 5 aromatic rings. The summed E-state index contributed by atoms with van der Waals surface area (Å²) >= 11 is 0. The quantitative estimate of drug-likeness (QED) is 0.121. The summed E-state index contributed by atoms with van der Waals surface area (Å²) in [5.41, 5.74) is 4.75. The molecule has 1 aromatic heterocycles. The first kappa shape index (κ1) is 26.9. The van der Waals surface area contributed by atoms with Gasteiger partial charge in [-0.1, -0.05) is 0 Å². The fourth-order valence-electron chi connectivity index (χ4n) is 4.35. The molecule has 0 fully saturated rings. The van der Waals surface area contributed by atoms with E-state index in [1.54, 1.807) is 21.1 Å². The highest BCUT2D eigenvalue weighted by atomic mass is 16.6. The molecule has 0 saturated heterocycles. The summed E-state index contributed by atoms with van der Waals surface area (Å²) in [6.45, 7) is 1.78. The Bertz CT molecular complexity index is 1750. The van der Waals surface area contributed by atoms with Crippen molar-refractivity contribution in [1.29, 1.82) is 0 Å². The molecule has 2 N–H and O–H groups in total. The minimum atomic E-state index is -0.482. The molecule has 0 spiro atoms. The van der Waals surface area contributed by atoms with Crippen molar-refractivity contribution >= 4 is 28.5 Å². The normalized spacial score (nSPS) is 11.2. The molecule has 41 heavy (non-hydrogen) atoms. The van der Waals surface area contributed by atoms with Crippen molar-refractivity contribution in [3.8, 4) is 28.4 Å². The highest BCUT2D eigenvalue weighted by Gasteiger charge is 2.20. The first-order valence-electron chi connectivity index (χ1n) is 12.7. The molecule has 0 aliphatic heterocycles. The summed E-state index contributed by atoms with van der Waals surface area (Å²) < 4.78 is 11.8. The lowest BCUT2D eigenvalue weighted by atomic mass is 10.0. The second-order valence-corrected chi connectivity index (χ2v) is 9.10. The highest BCUT2D eigenvalue weighted by molar-refractivity contribution is 6.04. The summed E-state index contributed by atoms with van der Waals surface area (Å²) in [4.78, 5) is 29.1. The molecule has 0 unspecified atom stereocenters. The van der Waals surface area contributed by atoms with E-state index in [2.05, 4.69) is 10.4 Å². The molecular weight excluding hydrogens is 522 g/mol. The van der Waals surface area contributed by atoms with Crippen LogP contribution in [0.5, 0.6) is 11.5 Å². The maximum Gasteiger partial charge on any atom is 0.280 e. The number of aromatic amines is 1. The van der Waals surface area contributed by atoms with Crippen LogP contribution < -0.4 is 20.3 Å². The Labute approximate surface area is 235 Å². The van der Waals surface area contributed by atoms with Gasteiger partial charge in [-0.05, 0) is 91.9 Å². The van der Waals surface area contributed by atoms with Gasteiger partial charge in [0.05, 0.1) is 47.5 Å². The lowest BCUT2D eigenvalue weighted by molar-refractivity contribution is -0.384. The first-order chi connectivity index (χ1) is 19.9. The summed E-state index contributed by atoms with van der Waals surface area (Å²) in [5.74, 6) is 1.46. The number of benzene rings is 4. The number of aliphatic imine (C=N–C) groups is 1. The van der Waals surface area contributed by atoms with Crippen molar-refractivity contribution in [2.45, 2.75) is 6.92 Å². The lowest BCUT2D eigenvalue weighted by Crippen LogP contribution is -2.19. The summed E-state index contributed by atoms with van der Waals surface area (Å²) in [6, 6.07) is 28.2. The van der Waals surface area contributed by atoms with Gasteiger partial charge in [0.2, 0.25) is 0 Å². The third-order valence-electron chi connectivity index (χ3n) is 6.49. The van der Waals surface area contributed by atoms with E-state index in [4.69, 9.17) is 14.5 Å². The molecule has 1 heterocycles. The van der Waals surface area contributed by atoms with Crippen LogP contribution in [-0.4, -0.2) is 34.6 Å². The Morgan fingerprint density at radius 2 is 1.37 bits per heavy atom. The van der Waals surface area contributed by atoms with E-state index < -0.39 is 4.92 Å². The van der Waals surface area contributed by atoms with Crippen molar-refractivity contribution < 1.29 is 14.4 Å². The Balaban J connectivity index is 1.50. The van der Waals surface area contributed by atoms with E-state index >= 15 is 0 Å². The molecule has 10 nitrogen and oxygen atoms in total. The second-order valence-electron chi connectivity index (χ2n) is 9.10. The zero-order chi connectivity index (χ0) is 28.9. The molecule has 0 aliphatic rings. The molecular formula is C31H27N5O5. The number of nitrogens with one attached hydrogen (secondary N) is 2. The summed E-state index contributed by atoms with van der Waals surface area (Å²) in [7, 11) is 3.21. The van der Waals surface area contributed by atoms with Crippen molar-refractivity contribution in [2.24, 2.45) is 4.99 Å². The molecule has 0 atom stereocenters. The van der Waals surface area contributed by atoms with E-state index in [0.29, 0.717) is 34.1 Å². The van der Waals surface area contributed by atoms with Crippen LogP contribution in [0, 0.1) is 10.1 Å². The smallest absolute Gasteiger partial charge is 0.280 e. The van der Waals surface area contributed by atoms with Gasteiger partial charge in [-0.2, -0.15) is 0 Å². The number of methoxy groups -OCH3 is 2. The van der Waals surface area contributed by atoms with Gasteiger partial charge in [0, 0.05) is 29.1 Å². The number of hydrogen-bond acceptors (Lipinski definition) is 7. The Kier molecular flexibility index (Phi) is 7.64. The SMILES string of the molecule is COc1ccc(Nc2ccc(N=C(C)c3c(-c4ccc(OC)cc4)[nH]n(-c4ccc([N+](=O)[O-])cc4)c3=O)cc2)cc1. The summed E-state index contributed by atoms with van der Waals surface area (Å²) in [6.07, 6.45) is 0. The maximum atomic E-state index is 13.7. The lowest BCUT2D eigenvalue weighted by Gasteiger charge is -2.08. The number of H-pyrrole nitrogens is 1. The standard InChI is InChI=1S/C31H27N5O5/c1-20(32-22-6-8-23(9-7-22)33-24-10-18-28(41-3)19-11-24)29-30(21-4-16-27(40-2)17-5-21)34-35(31(29)37)25-12-14-26(15-13-25)36(38)39/h4-19,33-34H,1-3H3. The average molecular weight is 550 g/mol. The molecule has 0 bridgehead atoms. The van der Waals surface area contributed by atoms with Gasteiger partial charge >= 0.3 is 0 Å². The van der Waals surface area contributed by atoms with Crippen LogP contribution >= 0.6 is 0 Å². The van der Waals surface area contributed by atoms with Gasteiger partial charge in [-0.25, -0.2) is 4.68 Å². The number of nitrogens with zero attached hydrogens (tertiary/aromatic N) is 3. The summed E-state index contributed by atoms with van der Waals surface area (Å²) in [5, 5.41) is 17.6. The number of aromatic nitrogens is 2. The van der Waals surface area contributed by atoms with Gasteiger partial charge in [0.15, 0.2) is 0 Å². The number of nitro benzene ring substituents is 1. The monoisotopic (exact) mass is 549 g/mol. The number of ether oxygens (including phenoxy) is 2. The van der Waals surface area contributed by atoms with Gasteiger partial charge in [0.1, 0.15) is 11.5 Å². The Morgan fingerprint density at radius 1 is 0.829 bits per heavy atom. The van der Waals surface area contributed by atoms with Gasteiger partial charge in [-0.15, -0.1) is 0 Å². The highest BCUT2D eigenvalue weighted by Crippen LogP contribution is 2.27. The fraction of sp³-hybridized carbons (Fsp3) is 0.0968. The van der Waals surface area contributed by atoms with E-state index in [1.807, 2.05) is 72.8 Å². The van der Waals surface area contributed by atoms with E-state index in [1.165, 1.54) is 28.9 Å². The molecule has 10 heteroatoms. The third kappa shape index (κ3) is 5.86. The predicted octanol–water partition coefficient (Wildman–Crippen LogP) is 6.64. The Hall–Kier alpha value is -5.64. The molecule has 4 aromatic carbocycles. The van der Waals surface area contributed by atoms with Crippen LogP contribution in [0.15, 0.2) is 107 Å². The number of nitro groups is 1.